The number of aromatic nitrogens is 1. The number of benzene rings is 1. The van der Waals surface area contributed by atoms with Crippen LogP contribution in [0, 0.1) is 0 Å². The lowest BCUT2D eigenvalue weighted by atomic mass is 9.84. The lowest BCUT2D eigenvalue weighted by Crippen LogP contribution is -2.39. The SMILES string of the molecule is CC1(NSSc2nc3ccccc3s2)CCCCC1. The maximum Gasteiger partial charge on any atom is 0.162 e. The first-order valence-electron chi connectivity index (χ1n) is 6.71. The fourth-order valence-electron chi connectivity index (χ4n) is 2.48. The molecule has 1 aliphatic carbocycles. The predicted molar refractivity (Wildman–Crippen MR) is 87.7 cm³/mol. The van der Waals surface area contributed by atoms with Crippen LogP contribution in [-0.2, 0) is 0 Å². The molecule has 0 aliphatic heterocycles. The Hall–Kier alpha value is -0.230. The normalized spacial score (nSPS) is 18.8. The van der Waals surface area contributed by atoms with Gasteiger partial charge < -0.3 is 0 Å². The number of thiazole rings is 1. The van der Waals surface area contributed by atoms with Crippen LogP contribution in [0.1, 0.15) is 39.0 Å². The minimum atomic E-state index is 0.312. The molecule has 5 heteroatoms. The third kappa shape index (κ3) is 3.45. The fraction of sp³-hybridized carbons (Fsp3) is 0.500. The maximum absolute atomic E-state index is 4.64. The van der Waals surface area contributed by atoms with Crippen molar-refractivity contribution in [1.82, 2.24) is 9.71 Å². The van der Waals surface area contributed by atoms with Gasteiger partial charge in [0.15, 0.2) is 4.34 Å². The Morgan fingerprint density at radius 1 is 1.21 bits per heavy atom. The van der Waals surface area contributed by atoms with Crippen LogP contribution in [0.5, 0.6) is 0 Å². The average Bonchev–Trinajstić information content (AvgIpc) is 2.82. The highest BCUT2D eigenvalue weighted by Crippen LogP contribution is 2.38. The molecule has 1 aromatic heterocycles. The zero-order chi connectivity index (χ0) is 13.1. The molecule has 102 valence electrons. The highest BCUT2D eigenvalue weighted by atomic mass is 33.1. The second-order valence-electron chi connectivity index (χ2n) is 5.34. The number of hydrogen-bond acceptors (Lipinski definition) is 5. The quantitative estimate of drug-likeness (QED) is 0.615. The first-order chi connectivity index (χ1) is 9.25. The van der Waals surface area contributed by atoms with Gasteiger partial charge in [0.2, 0.25) is 0 Å². The Morgan fingerprint density at radius 3 is 2.79 bits per heavy atom. The predicted octanol–water partition coefficient (Wildman–Crippen LogP) is 5.26. The fourth-order valence-corrected chi connectivity index (χ4v) is 5.90. The van der Waals surface area contributed by atoms with Crippen molar-refractivity contribution >= 4 is 43.3 Å². The van der Waals surface area contributed by atoms with Crippen molar-refractivity contribution in [2.45, 2.75) is 48.9 Å². The Morgan fingerprint density at radius 2 is 2.00 bits per heavy atom. The summed E-state index contributed by atoms with van der Waals surface area (Å²) in [5, 5.41) is 0. The van der Waals surface area contributed by atoms with E-state index in [9.17, 15) is 0 Å². The van der Waals surface area contributed by atoms with Crippen molar-refractivity contribution < 1.29 is 0 Å². The molecule has 0 radical (unpaired) electrons. The number of fused-ring (bicyclic) bond motifs is 1. The molecule has 2 nitrogen and oxygen atoms in total. The van der Waals surface area contributed by atoms with Gasteiger partial charge in [-0.1, -0.05) is 31.4 Å². The van der Waals surface area contributed by atoms with Gasteiger partial charge in [-0.05, 0) is 53.7 Å². The third-order valence-corrected chi connectivity index (χ3v) is 7.15. The Kier molecular flexibility index (Phi) is 4.37. The molecule has 0 unspecified atom stereocenters. The molecule has 1 aliphatic rings. The summed E-state index contributed by atoms with van der Waals surface area (Å²) < 4.78 is 6.05. The van der Waals surface area contributed by atoms with Gasteiger partial charge in [0, 0.05) is 5.54 Å². The number of nitrogens with zero attached hydrogens (tertiary/aromatic N) is 1. The first-order valence-corrected chi connectivity index (χ1v) is 9.68. The van der Waals surface area contributed by atoms with Gasteiger partial charge >= 0.3 is 0 Å². The summed E-state index contributed by atoms with van der Waals surface area (Å²) in [6, 6.07) is 8.34. The molecular formula is C14H18N2S3. The molecule has 0 amide bonds. The minimum absolute atomic E-state index is 0.312. The van der Waals surface area contributed by atoms with E-state index in [1.165, 1.54) is 36.8 Å². The molecule has 1 heterocycles. The molecule has 1 saturated carbocycles. The maximum atomic E-state index is 4.64. The van der Waals surface area contributed by atoms with Crippen molar-refractivity contribution in [2.24, 2.45) is 0 Å². The summed E-state index contributed by atoms with van der Waals surface area (Å²) in [6.07, 6.45) is 6.69. The Labute approximate surface area is 126 Å². The van der Waals surface area contributed by atoms with Gasteiger partial charge in [-0.3, -0.25) is 0 Å². The van der Waals surface area contributed by atoms with E-state index in [0.717, 1.165) is 9.86 Å². The van der Waals surface area contributed by atoms with E-state index in [1.54, 1.807) is 33.1 Å². The first kappa shape index (κ1) is 13.7. The van der Waals surface area contributed by atoms with Crippen LogP contribution in [-0.4, -0.2) is 10.5 Å². The van der Waals surface area contributed by atoms with Gasteiger partial charge in [-0.15, -0.1) is 11.3 Å². The highest BCUT2D eigenvalue weighted by molar-refractivity contribution is 8.76. The van der Waals surface area contributed by atoms with Crippen molar-refractivity contribution in [2.75, 3.05) is 0 Å². The largest absolute Gasteiger partial charge is 0.249 e. The highest BCUT2D eigenvalue weighted by Gasteiger charge is 2.26. The molecule has 0 spiro atoms. The van der Waals surface area contributed by atoms with Gasteiger partial charge in [0.05, 0.1) is 10.2 Å². The molecule has 0 saturated heterocycles. The van der Waals surface area contributed by atoms with Crippen molar-refractivity contribution in [3.05, 3.63) is 24.3 Å². The lowest BCUT2D eigenvalue weighted by molar-refractivity contribution is 0.302. The van der Waals surface area contributed by atoms with Crippen molar-refractivity contribution in [3.8, 4) is 0 Å². The molecule has 3 rings (SSSR count). The summed E-state index contributed by atoms with van der Waals surface area (Å²) >= 11 is 1.77. The van der Waals surface area contributed by atoms with Crippen LogP contribution in [0.15, 0.2) is 28.6 Å². The van der Waals surface area contributed by atoms with Gasteiger partial charge in [-0.25, -0.2) is 9.71 Å². The summed E-state index contributed by atoms with van der Waals surface area (Å²) in [6.45, 7) is 2.35. The van der Waals surface area contributed by atoms with Crippen LogP contribution in [0.4, 0.5) is 0 Å². The Bertz CT molecular complexity index is 513. The summed E-state index contributed by atoms with van der Waals surface area (Å²) in [7, 11) is 3.49. The Balaban J connectivity index is 1.57. The number of rotatable bonds is 4. The number of para-hydroxylation sites is 1. The topological polar surface area (TPSA) is 24.9 Å². The molecule has 0 atom stereocenters. The molecule has 2 aromatic rings. The van der Waals surface area contributed by atoms with Crippen LogP contribution < -0.4 is 4.72 Å². The summed E-state index contributed by atoms with van der Waals surface area (Å²) in [4.78, 5) is 4.64. The molecule has 19 heavy (non-hydrogen) atoms. The molecular weight excluding hydrogens is 292 g/mol. The number of hydrogen-bond donors (Lipinski definition) is 1. The summed E-state index contributed by atoms with van der Waals surface area (Å²) in [5.74, 6) is 0. The standard InChI is InChI=1S/C14H18N2S3/c1-14(9-5-2-6-10-14)16-19-18-13-15-11-7-3-4-8-12(11)17-13/h3-4,7-8,16H,2,5-6,9-10H2,1H3. The van der Waals surface area contributed by atoms with Crippen LogP contribution >= 0.6 is 33.1 Å². The number of nitrogens with one attached hydrogen (secondary N) is 1. The monoisotopic (exact) mass is 310 g/mol. The second-order valence-corrected chi connectivity index (χ2v) is 8.55. The van der Waals surface area contributed by atoms with Gasteiger partial charge in [0.1, 0.15) is 0 Å². The van der Waals surface area contributed by atoms with E-state index in [0.29, 0.717) is 5.54 Å². The van der Waals surface area contributed by atoms with E-state index in [2.05, 4.69) is 34.8 Å². The van der Waals surface area contributed by atoms with E-state index in [-0.39, 0.29) is 0 Å². The lowest BCUT2D eigenvalue weighted by Gasteiger charge is -2.33. The second kappa shape index (κ2) is 6.04. The van der Waals surface area contributed by atoms with E-state index >= 15 is 0 Å². The molecule has 0 bridgehead atoms. The van der Waals surface area contributed by atoms with E-state index < -0.39 is 0 Å². The van der Waals surface area contributed by atoms with Crippen LogP contribution in [0.25, 0.3) is 10.2 Å². The zero-order valence-electron chi connectivity index (χ0n) is 11.0. The zero-order valence-corrected chi connectivity index (χ0v) is 13.5. The third-order valence-electron chi connectivity index (χ3n) is 3.63. The van der Waals surface area contributed by atoms with Crippen LogP contribution in [0.2, 0.25) is 0 Å². The molecule has 1 aromatic carbocycles. The van der Waals surface area contributed by atoms with Gasteiger partial charge in [-0.2, -0.15) is 0 Å². The molecule has 1 N–H and O–H groups in total. The minimum Gasteiger partial charge on any atom is -0.249 e. The van der Waals surface area contributed by atoms with Crippen molar-refractivity contribution in [3.63, 3.8) is 0 Å². The van der Waals surface area contributed by atoms with Crippen molar-refractivity contribution in [1.29, 1.82) is 0 Å². The smallest absolute Gasteiger partial charge is 0.162 e. The van der Waals surface area contributed by atoms with E-state index in [4.69, 9.17) is 0 Å². The summed E-state index contributed by atoms with van der Waals surface area (Å²) in [5.41, 5.74) is 1.42. The van der Waals surface area contributed by atoms with E-state index in [1.807, 2.05) is 6.07 Å². The average molecular weight is 311 g/mol. The van der Waals surface area contributed by atoms with Crippen LogP contribution in [0.3, 0.4) is 0 Å². The molecule has 1 fully saturated rings. The van der Waals surface area contributed by atoms with Gasteiger partial charge in [0.25, 0.3) is 0 Å².